The summed E-state index contributed by atoms with van der Waals surface area (Å²) in [5.41, 5.74) is 4.56. The molecule has 0 aromatic rings. The van der Waals surface area contributed by atoms with Gasteiger partial charge in [-0.3, -0.25) is 5.43 Å². The van der Waals surface area contributed by atoms with E-state index in [1.54, 1.807) is 7.11 Å². The second-order valence-electron chi connectivity index (χ2n) is 3.21. The number of allylic oxidation sites excluding steroid dienone is 1. The number of hydrogen-bond acceptors (Lipinski definition) is 4. The van der Waals surface area contributed by atoms with Gasteiger partial charge in [-0.25, -0.2) is 10.2 Å². The van der Waals surface area contributed by atoms with E-state index in [0.717, 1.165) is 25.8 Å². The van der Waals surface area contributed by atoms with Crippen LogP contribution in [0.1, 0.15) is 19.3 Å². The van der Waals surface area contributed by atoms with E-state index in [1.807, 2.05) is 11.5 Å². The maximum absolute atomic E-state index is 10.0. The molecule has 0 rings (SSSR count). The maximum atomic E-state index is 10.0. The van der Waals surface area contributed by atoms with Crippen molar-refractivity contribution in [2.24, 2.45) is 0 Å². The number of amides is 1. The molecule has 16 heavy (non-hydrogen) atoms. The van der Waals surface area contributed by atoms with E-state index in [2.05, 4.69) is 16.8 Å². The largest absolute Gasteiger partial charge is 0.464 e. The summed E-state index contributed by atoms with van der Waals surface area (Å²) in [5, 5.41) is 11.3. The van der Waals surface area contributed by atoms with Gasteiger partial charge in [0, 0.05) is 7.11 Å². The summed E-state index contributed by atoms with van der Waals surface area (Å²) in [5.74, 6) is 0. The number of ether oxygens (including phenoxy) is 1. The van der Waals surface area contributed by atoms with Gasteiger partial charge >= 0.3 is 6.09 Å². The summed E-state index contributed by atoms with van der Waals surface area (Å²) in [6.07, 6.45) is 6.25. The predicted octanol–water partition coefficient (Wildman–Crippen LogP) is 0.679. The van der Waals surface area contributed by atoms with Crippen molar-refractivity contribution in [1.82, 2.24) is 16.2 Å². The summed E-state index contributed by atoms with van der Waals surface area (Å²) < 4.78 is 4.87. The number of rotatable bonds is 10. The van der Waals surface area contributed by atoms with Crippen LogP contribution in [0.15, 0.2) is 12.2 Å². The Kier molecular flexibility index (Phi) is 11.1. The minimum atomic E-state index is -1.08. The van der Waals surface area contributed by atoms with Gasteiger partial charge in [0.15, 0.2) is 0 Å². The fraction of sp³-hybridized carbons (Fsp3) is 0.700. The van der Waals surface area contributed by atoms with Crippen LogP contribution in [0.25, 0.3) is 0 Å². The first-order valence-electron chi connectivity index (χ1n) is 5.34. The van der Waals surface area contributed by atoms with Gasteiger partial charge in [-0.1, -0.05) is 12.2 Å². The minimum absolute atomic E-state index is 0.436. The molecule has 0 spiro atoms. The van der Waals surface area contributed by atoms with Crippen molar-refractivity contribution in [3.05, 3.63) is 12.2 Å². The third-order valence-corrected chi connectivity index (χ3v) is 1.81. The quantitative estimate of drug-likeness (QED) is 0.192. The van der Waals surface area contributed by atoms with Gasteiger partial charge < -0.3 is 15.2 Å². The fourth-order valence-corrected chi connectivity index (χ4v) is 1.07. The van der Waals surface area contributed by atoms with E-state index < -0.39 is 6.09 Å². The Bertz CT molecular complexity index is 198. The van der Waals surface area contributed by atoms with Crippen molar-refractivity contribution < 1.29 is 14.6 Å². The van der Waals surface area contributed by atoms with Crippen molar-refractivity contribution >= 4 is 6.09 Å². The smallest absolute Gasteiger partial charge is 0.419 e. The average molecular weight is 231 g/mol. The lowest BCUT2D eigenvalue weighted by atomic mass is 10.2. The molecule has 0 fully saturated rings. The molecule has 0 saturated carbocycles. The monoisotopic (exact) mass is 231 g/mol. The van der Waals surface area contributed by atoms with Crippen LogP contribution in [-0.2, 0) is 4.74 Å². The molecule has 0 aliphatic rings. The lowest BCUT2D eigenvalue weighted by Gasteiger charge is -2.05. The summed E-state index contributed by atoms with van der Waals surface area (Å²) >= 11 is 0. The summed E-state index contributed by atoms with van der Waals surface area (Å²) in [7, 11) is 1.67. The van der Waals surface area contributed by atoms with Crippen LogP contribution >= 0.6 is 0 Å². The first-order valence-corrected chi connectivity index (χ1v) is 5.34. The fourth-order valence-electron chi connectivity index (χ4n) is 1.07. The number of unbranched alkanes of at least 4 members (excludes halogenated alkanes) is 2. The van der Waals surface area contributed by atoms with Crippen LogP contribution < -0.4 is 16.2 Å². The number of nitrogens with one attached hydrogen (secondary N) is 3. The molecule has 0 heterocycles. The highest BCUT2D eigenvalue weighted by molar-refractivity contribution is 5.63. The maximum Gasteiger partial charge on any atom is 0.419 e. The standard InChI is InChI=1S/C10H21N3O3/c1-16-8-6-4-2-3-5-7-11-9-12-13-10(14)15/h4,6,11-13H,2-3,5,7-9H2,1H3,(H,14,15). The molecule has 94 valence electrons. The topological polar surface area (TPSA) is 82.6 Å². The molecular formula is C10H21N3O3. The third-order valence-electron chi connectivity index (χ3n) is 1.81. The number of hydrazine groups is 1. The van der Waals surface area contributed by atoms with Gasteiger partial charge in [0.05, 0.1) is 13.3 Å². The second kappa shape index (κ2) is 12.0. The molecule has 0 aromatic carbocycles. The van der Waals surface area contributed by atoms with Crippen molar-refractivity contribution in [2.45, 2.75) is 19.3 Å². The lowest BCUT2D eigenvalue weighted by Crippen LogP contribution is -2.42. The first-order chi connectivity index (χ1) is 7.77. The Morgan fingerprint density at radius 1 is 1.38 bits per heavy atom. The van der Waals surface area contributed by atoms with Crippen LogP contribution in [0, 0.1) is 0 Å². The van der Waals surface area contributed by atoms with E-state index in [-0.39, 0.29) is 0 Å². The lowest BCUT2D eigenvalue weighted by molar-refractivity contribution is 0.188. The molecule has 0 aliphatic carbocycles. The number of methoxy groups -OCH3 is 1. The van der Waals surface area contributed by atoms with E-state index in [0.29, 0.717) is 13.3 Å². The van der Waals surface area contributed by atoms with Crippen LogP contribution in [0.2, 0.25) is 0 Å². The molecule has 0 aliphatic heterocycles. The highest BCUT2D eigenvalue weighted by atomic mass is 16.5. The van der Waals surface area contributed by atoms with E-state index in [4.69, 9.17) is 9.84 Å². The van der Waals surface area contributed by atoms with Crippen molar-refractivity contribution in [1.29, 1.82) is 0 Å². The zero-order chi connectivity index (χ0) is 12.1. The van der Waals surface area contributed by atoms with E-state index >= 15 is 0 Å². The predicted molar refractivity (Wildman–Crippen MR) is 62.0 cm³/mol. The van der Waals surface area contributed by atoms with Gasteiger partial charge in [-0.05, 0) is 25.8 Å². The second-order valence-corrected chi connectivity index (χ2v) is 3.21. The SMILES string of the molecule is COCC=CCCCCNCNNC(=O)O. The highest BCUT2D eigenvalue weighted by Crippen LogP contribution is 1.94. The molecule has 0 atom stereocenters. The summed E-state index contributed by atoms with van der Waals surface area (Å²) in [4.78, 5) is 10.0. The molecule has 0 aromatic heterocycles. The number of hydrogen-bond donors (Lipinski definition) is 4. The molecule has 6 nitrogen and oxygen atoms in total. The number of carbonyl (C=O) groups is 1. The number of carboxylic acid groups (broad SMARTS) is 1. The van der Waals surface area contributed by atoms with Crippen molar-refractivity contribution in [2.75, 3.05) is 26.9 Å². The zero-order valence-corrected chi connectivity index (χ0v) is 9.66. The Balaban J connectivity index is 3.01. The van der Waals surface area contributed by atoms with Crippen molar-refractivity contribution in [3.63, 3.8) is 0 Å². The van der Waals surface area contributed by atoms with Crippen LogP contribution in [-0.4, -0.2) is 38.1 Å². The van der Waals surface area contributed by atoms with Gasteiger partial charge in [0.2, 0.25) is 0 Å². The molecule has 0 bridgehead atoms. The highest BCUT2D eigenvalue weighted by Gasteiger charge is 1.90. The Hall–Kier alpha value is -1.11. The van der Waals surface area contributed by atoms with Gasteiger partial charge in [-0.15, -0.1) is 0 Å². The van der Waals surface area contributed by atoms with Gasteiger partial charge in [-0.2, -0.15) is 0 Å². The zero-order valence-electron chi connectivity index (χ0n) is 9.66. The molecule has 0 saturated heterocycles. The molecule has 0 unspecified atom stereocenters. The molecule has 4 N–H and O–H groups in total. The van der Waals surface area contributed by atoms with Crippen molar-refractivity contribution in [3.8, 4) is 0 Å². The van der Waals surface area contributed by atoms with E-state index in [1.165, 1.54) is 0 Å². The third kappa shape index (κ3) is 12.9. The molecule has 6 heteroatoms. The van der Waals surface area contributed by atoms with Gasteiger partial charge in [0.1, 0.15) is 0 Å². The Morgan fingerprint density at radius 3 is 2.88 bits per heavy atom. The minimum Gasteiger partial charge on any atom is -0.464 e. The van der Waals surface area contributed by atoms with E-state index in [9.17, 15) is 4.79 Å². The van der Waals surface area contributed by atoms with Crippen LogP contribution in [0.3, 0.4) is 0 Å². The Labute approximate surface area is 96.0 Å². The molecule has 0 radical (unpaired) electrons. The van der Waals surface area contributed by atoms with Crippen LogP contribution in [0.5, 0.6) is 0 Å². The summed E-state index contributed by atoms with van der Waals surface area (Å²) in [6, 6.07) is 0. The van der Waals surface area contributed by atoms with Crippen LogP contribution in [0.4, 0.5) is 4.79 Å². The van der Waals surface area contributed by atoms with Gasteiger partial charge in [0.25, 0.3) is 0 Å². The molecular weight excluding hydrogens is 210 g/mol. The Morgan fingerprint density at radius 2 is 2.19 bits per heavy atom. The normalized spacial score (nSPS) is 10.8. The molecule has 1 amide bonds. The summed E-state index contributed by atoms with van der Waals surface area (Å²) in [6.45, 7) is 1.97. The first kappa shape index (κ1) is 14.9. The average Bonchev–Trinajstić information content (AvgIpc) is 2.25.